The fraction of sp³-hybridized carbons (Fsp3) is 0.385. The Hall–Kier alpha value is -3.39. The molecule has 34 heavy (non-hydrogen) atoms. The SMILES string of the molecule is CNc1cc(F)cc2cc(CNc3ccc(C(=O)O)cc3CN(C)C3CCCCC3)c(=O)[nH]c12. The highest BCUT2D eigenvalue weighted by Crippen LogP contribution is 2.27. The second-order valence-electron chi connectivity index (χ2n) is 9.03. The van der Waals surface area contributed by atoms with Crippen LogP contribution in [-0.4, -0.2) is 41.1 Å². The summed E-state index contributed by atoms with van der Waals surface area (Å²) in [5.74, 6) is -1.36. The minimum atomic E-state index is -0.971. The molecular weight excluding hydrogens is 435 g/mol. The van der Waals surface area contributed by atoms with Gasteiger partial charge in [0.1, 0.15) is 5.82 Å². The lowest BCUT2D eigenvalue weighted by atomic mass is 9.94. The molecule has 0 aliphatic heterocycles. The molecule has 4 N–H and O–H groups in total. The molecule has 1 aliphatic rings. The molecule has 0 spiro atoms. The second-order valence-corrected chi connectivity index (χ2v) is 9.03. The van der Waals surface area contributed by atoms with Gasteiger partial charge in [-0.3, -0.25) is 9.69 Å². The van der Waals surface area contributed by atoms with Gasteiger partial charge in [-0.2, -0.15) is 0 Å². The van der Waals surface area contributed by atoms with Crippen molar-refractivity contribution in [2.45, 2.75) is 51.2 Å². The monoisotopic (exact) mass is 466 g/mol. The first kappa shape index (κ1) is 23.8. The van der Waals surface area contributed by atoms with Crippen molar-refractivity contribution in [2.75, 3.05) is 24.7 Å². The lowest BCUT2D eigenvalue weighted by Crippen LogP contribution is -2.33. The number of carbonyl (C=O) groups is 1. The Morgan fingerprint density at radius 1 is 1.12 bits per heavy atom. The van der Waals surface area contributed by atoms with Crippen LogP contribution in [0.25, 0.3) is 10.9 Å². The maximum Gasteiger partial charge on any atom is 0.335 e. The minimum absolute atomic E-state index is 0.225. The Bertz CT molecular complexity index is 1250. The number of aromatic amines is 1. The highest BCUT2D eigenvalue weighted by atomic mass is 19.1. The molecule has 1 heterocycles. The topological polar surface area (TPSA) is 97.5 Å². The predicted octanol–water partition coefficient (Wildman–Crippen LogP) is 4.78. The second kappa shape index (κ2) is 10.3. The summed E-state index contributed by atoms with van der Waals surface area (Å²) in [6.07, 6.45) is 6.00. The third-order valence-electron chi connectivity index (χ3n) is 6.70. The van der Waals surface area contributed by atoms with Gasteiger partial charge in [-0.25, -0.2) is 9.18 Å². The third kappa shape index (κ3) is 5.22. The van der Waals surface area contributed by atoms with E-state index in [0.717, 1.165) is 24.1 Å². The molecule has 0 saturated heterocycles. The number of aromatic carboxylic acids is 1. The molecule has 180 valence electrons. The first-order chi connectivity index (χ1) is 16.4. The minimum Gasteiger partial charge on any atom is -0.478 e. The lowest BCUT2D eigenvalue weighted by Gasteiger charge is -2.31. The Kier molecular flexibility index (Phi) is 7.17. The van der Waals surface area contributed by atoms with E-state index in [1.807, 2.05) is 0 Å². The summed E-state index contributed by atoms with van der Waals surface area (Å²) in [6, 6.07) is 9.91. The molecule has 1 aromatic heterocycles. The summed E-state index contributed by atoms with van der Waals surface area (Å²) in [6.45, 7) is 0.835. The van der Waals surface area contributed by atoms with E-state index in [1.54, 1.807) is 31.3 Å². The van der Waals surface area contributed by atoms with Crippen LogP contribution in [0, 0.1) is 5.82 Å². The number of H-pyrrole nitrogens is 1. The zero-order chi connectivity index (χ0) is 24.2. The van der Waals surface area contributed by atoms with Crippen LogP contribution in [0.3, 0.4) is 0 Å². The van der Waals surface area contributed by atoms with Crippen molar-refractivity contribution in [1.29, 1.82) is 0 Å². The number of benzene rings is 2. The molecule has 0 bridgehead atoms. The van der Waals surface area contributed by atoms with E-state index in [4.69, 9.17) is 0 Å². The largest absolute Gasteiger partial charge is 0.478 e. The highest BCUT2D eigenvalue weighted by Gasteiger charge is 2.20. The molecule has 8 heteroatoms. The van der Waals surface area contributed by atoms with Crippen LogP contribution in [0.4, 0.5) is 15.8 Å². The van der Waals surface area contributed by atoms with Gasteiger partial charge in [0.25, 0.3) is 5.56 Å². The fourth-order valence-electron chi connectivity index (χ4n) is 4.80. The van der Waals surface area contributed by atoms with Crippen LogP contribution in [-0.2, 0) is 13.1 Å². The van der Waals surface area contributed by atoms with E-state index in [2.05, 4.69) is 27.6 Å². The fourth-order valence-corrected chi connectivity index (χ4v) is 4.80. The number of hydrogen-bond donors (Lipinski definition) is 4. The Morgan fingerprint density at radius 3 is 2.59 bits per heavy atom. The average Bonchev–Trinajstić information content (AvgIpc) is 2.83. The molecule has 7 nitrogen and oxygen atoms in total. The van der Waals surface area contributed by atoms with E-state index in [-0.39, 0.29) is 23.5 Å². The molecule has 0 atom stereocenters. The number of halogens is 1. The van der Waals surface area contributed by atoms with Crippen LogP contribution in [0.2, 0.25) is 0 Å². The van der Waals surface area contributed by atoms with E-state index < -0.39 is 5.97 Å². The zero-order valence-corrected chi connectivity index (χ0v) is 19.6. The maximum absolute atomic E-state index is 14.0. The normalized spacial score (nSPS) is 14.5. The van der Waals surface area contributed by atoms with Crippen LogP contribution < -0.4 is 16.2 Å². The average molecular weight is 467 g/mol. The van der Waals surface area contributed by atoms with Gasteiger partial charge in [-0.1, -0.05) is 19.3 Å². The van der Waals surface area contributed by atoms with E-state index in [1.165, 1.54) is 31.4 Å². The summed E-state index contributed by atoms with van der Waals surface area (Å²) >= 11 is 0. The molecule has 1 saturated carbocycles. The van der Waals surface area contributed by atoms with Crippen molar-refractivity contribution in [2.24, 2.45) is 0 Å². The zero-order valence-electron chi connectivity index (χ0n) is 19.6. The quantitative estimate of drug-likeness (QED) is 0.381. The van der Waals surface area contributed by atoms with Gasteiger partial charge in [0.2, 0.25) is 0 Å². The van der Waals surface area contributed by atoms with E-state index in [9.17, 15) is 19.1 Å². The molecule has 1 aliphatic carbocycles. The standard InChI is InChI=1S/C26H31FN4O3/c1-28-23-13-20(27)12-17-11-18(25(32)30-24(17)23)14-29-22-9-8-16(26(33)34)10-19(22)15-31(2)21-6-4-3-5-7-21/h8-13,21,28-29H,3-7,14-15H2,1-2H3,(H,30,32)(H,33,34). The van der Waals surface area contributed by atoms with E-state index in [0.29, 0.717) is 34.7 Å². The Labute approximate surface area is 198 Å². The van der Waals surface area contributed by atoms with Crippen LogP contribution in [0.5, 0.6) is 0 Å². The number of carboxylic acids is 1. The number of aromatic nitrogens is 1. The molecule has 1 fully saturated rings. The molecule has 3 aromatic rings. The molecule has 0 unspecified atom stereocenters. The molecule has 0 amide bonds. The predicted molar refractivity (Wildman–Crippen MR) is 133 cm³/mol. The van der Waals surface area contributed by atoms with Crippen LogP contribution in [0.1, 0.15) is 53.6 Å². The summed E-state index contributed by atoms with van der Waals surface area (Å²) < 4.78 is 14.0. The number of nitrogens with zero attached hydrogens (tertiary/aromatic N) is 1. The summed E-state index contributed by atoms with van der Waals surface area (Å²) in [4.78, 5) is 29.4. The van der Waals surface area contributed by atoms with E-state index >= 15 is 0 Å². The van der Waals surface area contributed by atoms with Gasteiger partial charge in [0.15, 0.2) is 0 Å². The first-order valence-corrected chi connectivity index (χ1v) is 11.7. The first-order valence-electron chi connectivity index (χ1n) is 11.7. The summed E-state index contributed by atoms with van der Waals surface area (Å²) in [5.41, 5.74) is 3.16. The van der Waals surface area contributed by atoms with Gasteiger partial charge in [0.05, 0.1) is 16.8 Å². The smallest absolute Gasteiger partial charge is 0.335 e. The Balaban J connectivity index is 1.59. The van der Waals surface area contributed by atoms with Gasteiger partial charge in [0, 0.05) is 42.8 Å². The van der Waals surface area contributed by atoms with Crippen molar-refractivity contribution >= 4 is 28.2 Å². The number of fused-ring (bicyclic) bond motifs is 1. The van der Waals surface area contributed by atoms with Crippen LogP contribution in [0.15, 0.2) is 41.2 Å². The van der Waals surface area contributed by atoms with Gasteiger partial charge in [-0.15, -0.1) is 0 Å². The van der Waals surface area contributed by atoms with Crippen molar-refractivity contribution in [1.82, 2.24) is 9.88 Å². The van der Waals surface area contributed by atoms with Crippen molar-refractivity contribution in [3.8, 4) is 0 Å². The highest BCUT2D eigenvalue weighted by molar-refractivity contribution is 5.91. The number of rotatable bonds is 8. The molecule has 2 aromatic carbocycles. The number of carboxylic acid groups (broad SMARTS) is 1. The lowest BCUT2D eigenvalue weighted by molar-refractivity contribution is 0.0696. The van der Waals surface area contributed by atoms with Crippen molar-refractivity contribution in [3.05, 3.63) is 69.3 Å². The number of pyridine rings is 1. The van der Waals surface area contributed by atoms with Gasteiger partial charge >= 0.3 is 5.97 Å². The molecule has 4 rings (SSSR count). The maximum atomic E-state index is 14.0. The molecule has 0 radical (unpaired) electrons. The Morgan fingerprint density at radius 2 is 1.88 bits per heavy atom. The summed E-state index contributed by atoms with van der Waals surface area (Å²) in [7, 11) is 3.75. The number of anilines is 2. The van der Waals surface area contributed by atoms with Gasteiger partial charge < -0.3 is 20.7 Å². The summed E-state index contributed by atoms with van der Waals surface area (Å²) in [5, 5.41) is 16.3. The third-order valence-corrected chi connectivity index (χ3v) is 6.70. The van der Waals surface area contributed by atoms with Gasteiger partial charge in [-0.05, 0) is 61.9 Å². The van der Waals surface area contributed by atoms with Crippen LogP contribution >= 0.6 is 0 Å². The molecular formula is C26H31FN4O3. The van der Waals surface area contributed by atoms with Crippen molar-refractivity contribution < 1.29 is 14.3 Å². The number of nitrogens with one attached hydrogen (secondary N) is 3. The van der Waals surface area contributed by atoms with Crippen molar-refractivity contribution in [3.63, 3.8) is 0 Å². The number of hydrogen-bond acceptors (Lipinski definition) is 5.